The van der Waals surface area contributed by atoms with Crippen LogP contribution >= 0.6 is 34.5 Å². The molecule has 2 aromatic rings. The number of benzene rings is 1. The number of amides is 1. The fraction of sp³-hybridized carbons (Fsp3) is 0.143. The third-order valence-corrected chi connectivity index (χ3v) is 4.38. The zero-order valence-corrected chi connectivity index (χ0v) is 12.6. The van der Waals surface area contributed by atoms with E-state index in [0.717, 1.165) is 5.56 Å². The van der Waals surface area contributed by atoms with Gasteiger partial charge in [0.1, 0.15) is 11.1 Å². The van der Waals surface area contributed by atoms with Gasteiger partial charge >= 0.3 is 0 Å². The van der Waals surface area contributed by atoms with Crippen molar-refractivity contribution in [2.75, 3.05) is 5.32 Å². The van der Waals surface area contributed by atoms with E-state index < -0.39 is 0 Å². The lowest BCUT2D eigenvalue weighted by Gasteiger charge is -2.06. The number of anilines is 1. The fourth-order valence-electron chi connectivity index (χ4n) is 1.67. The summed E-state index contributed by atoms with van der Waals surface area (Å²) in [5.74, 6) is -0.153. The average molecular weight is 325 g/mol. The van der Waals surface area contributed by atoms with E-state index in [1.54, 1.807) is 23.6 Å². The van der Waals surface area contributed by atoms with Gasteiger partial charge in [-0.25, -0.2) is 0 Å². The summed E-state index contributed by atoms with van der Waals surface area (Å²) in [4.78, 5) is 11.9. The first-order valence-corrected chi connectivity index (χ1v) is 7.45. The zero-order chi connectivity index (χ0) is 14.5. The summed E-state index contributed by atoms with van der Waals surface area (Å²) < 4.78 is 0. The van der Waals surface area contributed by atoms with Gasteiger partial charge in [0.25, 0.3) is 0 Å². The van der Waals surface area contributed by atoms with Crippen molar-refractivity contribution in [1.82, 2.24) is 0 Å². The van der Waals surface area contributed by atoms with E-state index >= 15 is 0 Å². The average Bonchev–Trinajstić information content (AvgIpc) is 2.87. The molecule has 0 aliphatic rings. The van der Waals surface area contributed by atoms with Crippen LogP contribution in [-0.2, 0) is 11.2 Å². The number of aryl methyl sites for hydroxylation is 1. The van der Waals surface area contributed by atoms with E-state index in [4.69, 9.17) is 28.5 Å². The maximum Gasteiger partial charge on any atom is 0.225 e. The van der Waals surface area contributed by atoms with E-state index in [2.05, 4.69) is 5.32 Å². The maximum absolute atomic E-state index is 11.9. The molecule has 102 valence electrons. The highest BCUT2D eigenvalue weighted by molar-refractivity contribution is 7.14. The minimum absolute atomic E-state index is 0.153. The van der Waals surface area contributed by atoms with Crippen LogP contribution in [0, 0.1) is 11.3 Å². The number of nitrogens with one attached hydrogen (secondary N) is 1. The molecule has 0 unspecified atom stereocenters. The zero-order valence-electron chi connectivity index (χ0n) is 10.3. The summed E-state index contributed by atoms with van der Waals surface area (Å²) in [6.45, 7) is 0. The monoisotopic (exact) mass is 324 g/mol. The number of rotatable bonds is 4. The number of hydrogen-bond acceptors (Lipinski definition) is 3. The van der Waals surface area contributed by atoms with Crippen LogP contribution in [-0.4, -0.2) is 5.91 Å². The van der Waals surface area contributed by atoms with Gasteiger partial charge in [-0.1, -0.05) is 35.3 Å². The van der Waals surface area contributed by atoms with Crippen molar-refractivity contribution in [3.63, 3.8) is 0 Å². The van der Waals surface area contributed by atoms with Crippen molar-refractivity contribution in [2.45, 2.75) is 12.8 Å². The normalized spacial score (nSPS) is 10.1. The second-order valence-electron chi connectivity index (χ2n) is 4.04. The molecule has 1 aromatic carbocycles. The highest BCUT2D eigenvalue weighted by Crippen LogP contribution is 2.27. The number of thiophene rings is 1. The summed E-state index contributed by atoms with van der Waals surface area (Å²) in [6.07, 6.45) is 0.779. The molecule has 0 aliphatic heterocycles. The maximum atomic E-state index is 11.9. The molecular weight excluding hydrogens is 315 g/mol. The lowest BCUT2D eigenvalue weighted by molar-refractivity contribution is -0.116. The Hall–Kier alpha value is -1.54. The molecule has 6 heteroatoms. The lowest BCUT2D eigenvalue weighted by atomic mass is 10.1. The summed E-state index contributed by atoms with van der Waals surface area (Å²) in [6, 6.07) is 9.05. The lowest BCUT2D eigenvalue weighted by Crippen LogP contribution is -2.12. The summed E-state index contributed by atoms with van der Waals surface area (Å²) in [5.41, 5.74) is 1.31. The van der Waals surface area contributed by atoms with Gasteiger partial charge in [0.2, 0.25) is 5.91 Å². The van der Waals surface area contributed by atoms with Gasteiger partial charge < -0.3 is 5.32 Å². The van der Waals surface area contributed by atoms with Gasteiger partial charge in [0.15, 0.2) is 0 Å². The van der Waals surface area contributed by atoms with Crippen LogP contribution in [0.15, 0.2) is 29.6 Å². The second-order valence-corrected chi connectivity index (χ2v) is 5.74. The molecule has 1 amide bonds. The van der Waals surface area contributed by atoms with E-state index in [1.165, 1.54) is 11.3 Å². The van der Waals surface area contributed by atoms with Crippen LogP contribution in [0.4, 0.5) is 5.00 Å². The molecule has 1 N–H and O–H groups in total. The Morgan fingerprint density at radius 1 is 1.35 bits per heavy atom. The number of hydrogen-bond donors (Lipinski definition) is 1. The third kappa shape index (κ3) is 3.51. The van der Waals surface area contributed by atoms with Crippen LogP contribution in [0.2, 0.25) is 10.0 Å². The smallest absolute Gasteiger partial charge is 0.225 e. The molecule has 1 heterocycles. The summed E-state index contributed by atoms with van der Waals surface area (Å²) in [7, 11) is 0. The molecule has 1 aromatic heterocycles. The van der Waals surface area contributed by atoms with Crippen LogP contribution < -0.4 is 5.32 Å². The summed E-state index contributed by atoms with van der Waals surface area (Å²) >= 11 is 13.3. The van der Waals surface area contributed by atoms with Crippen molar-refractivity contribution in [1.29, 1.82) is 5.26 Å². The molecule has 0 saturated heterocycles. The van der Waals surface area contributed by atoms with Gasteiger partial charge in [0.05, 0.1) is 15.6 Å². The predicted molar refractivity (Wildman–Crippen MR) is 82.4 cm³/mol. The van der Waals surface area contributed by atoms with Gasteiger partial charge in [0, 0.05) is 6.42 Å². The van der Waals surface area contributed by atoms with E-state index in [1.807, 2.05) is 12.1 Å². The van der Waals surface area contributed by atoms with Crippen molar-refractivity contribution in [2.24, 2.45) is 0 Å². The van der Waals surface area contributed by atoms with E-state index in [9.17, 15) is 4.79 Å². The topological polar surface area (TPSA) is 52.9 Å². The molecule has 2 rings (SSSR count). The first-order chi connectivity index (χ1) is 9.61. The quantitative estimate of drug-likeness (QED) is 0.900. The molecule has 0 fully saturated rings. The molecule has 0 saturated carbocycles. The fourth-order valence-corrected chi connectivity index (χ4v) is 2.84. The van der Waals surface area contributed by atoms with Gasteiger partial charge in [-0.15, -0.1) is 11.3 Å². The first kappa shape index (κ1) is 14.9. The first-order valence-electron chi connectivity index (χ1n) is 5.82. The molecule has 0 radical (unpaired) electrons. The molecule has 0 spiro atoms. The molecule has 3 nitrogen and oxygen atoms in total. The standard InChI is InChI=1S/C14H10Cl2N2OS/c15-11-3-1-2-9(13(11)16)4-5-12(19)18-14-10(8-17)6-7-20-14/h1-3,6-7H,4-5H2,(H,18,19). The molecule has 0 atom stereocenters. The van der Waals surface area contributed by atoms with Crippen LogP contribution in [0.1, 0.15) is 17.5 Å². The number of nitrogens with zero attached hydrogens (tertiary/aromatic N) is 1. The minimum atomic E-state index is -0.153. The van der Waals surface area contributed by atoms with Crippen molar-refractivity contribution in [3.05, 3.63) is 50.8 Å². The molecule has 0 bridgehead atoms. The largest absolute Gasteiger partial charge is 0.317 e. The number of carbonyl (C=O) groups excluding carboxylic acids is 1. The Kier molecular flexibility index (Phi) is 5.02. The molecule has 20 heavy (non-hydrogen) atoms. The van der Waals surface area contributed by atoms with Crippen LogP contribution in [0.3, 0.4) is 0 Å². The van der Waals surface area contributed by atoms with Crippen molar-refractivity contribution in [3.8, 4) is 6.07 Å². The molecular formula is C14H10Cl2N2OS. The third-order valence-electron chi connectivity index (χ3n) is 2.69. The molecule has 0 aliphatic carbocycles. The Labute approximate surface area is 130 Å². The number of carbonyl (C=O) groups is 1. The van der Waals surface area contributed by atoms with Crippen molar-refractivity contribution >= 4 is 45.4 Å². The Bertz CT molecular complexity index is 676. The van der Waals surface area contributed by atoms with E-state index in [-0.39, 0.29) is 12.3 Å². The van der Waals surface area contributed by atoms with Gasteiger partial charge in [-0.2, -0.15) is 5.26 Å². The Balaban J connectivity index is 1.96. The van der Waals surface area contributed by atoms with Crippen molar-refractivity contribution < 1.29 is 4.79 Å². The summed E-state index contributed by atoms with van der Waals surface area (Å²) in [5, 5.41) is 14.9. The van der Waals surface area contributed by atoms with Crippen LogP contribution in [0.5, 0.6) is 0 Å². The van der Waals surface area contributed by atoms with Gasteiger partial charge in [-0.05, 0) is 29.5 Å². The van der Waals surface area contributed by atoms with E-state index in [0.29, 0.717) is 27.0 Å². The number of halogens is 2. The second kappa shape index (κ2) is 6.76. The predicted octanol–water partition coefficient (Wildman–Crippen LogP) is 4.50. The Morgan fingerprint density at radius 3 is 2.90 bits per heavy atom. The van der Waals surface area contributed by atoms with Gasteiger partial charge in [-0.3, -0.25) is 4.79 Å². The highest BCUT2D eigenvalue weighted by atomic mass is 35.5. The SMILES string of the molecule is N#Cc1ccsc1NC(=O)CCc1cccc(Cl)c1Cl. The highest BCUT2D eigenvalue weighted by Gasteiger charge is 2.10. The van der Waals surface area contributed by atoms with Crippen LogP contribution in [0.25, 0.3) is 0 Å². The number of nitriles is 1. The Morgan fingerprint density at radius 2 is 2.15 bits per heavy atom. The minimum Gasteiger partial charge on any atom is -0.317 e.